The Bertz CT molecular complexity index is 229. The summed E-state index contributed by atoms with van der Waals surface area (Å²) in [5, 5.41) is 0. The van der Waals surface area contributed by atoms with Gasteiger partial charge in [0, 0.05) is 23.4 Å². The van der Waals surface area contributed by atoms with Crippen molar-refractivity contribution < 1.29 is 9.53 Å². The standard InChI is InChI=1S/C12H23NO2/c1-11(2,3)13(12(4,5)6)9-8-10(14)15-7/h8-9H,1-7H3/b9-8+. The van der Waals surface area contributed by atoms with E-state index in [-0.39, 0.29) is 17.0 Å². The Labute approximate surface area is 93.1 Å². The van der Waals surface area contributed by atoms with E-state index in [9.17, 15) is 4.79 Å². The van der Waals surface area contributed by atoms with Crippen molar-refractivity contribution in [3.63, 3.8) is 0 Å². The predicted octanol–water partition coefficient (Wildman–Crippen LogP) is 2.57. The van der Waals surface area contributed by atoms with Gasteiger partial charge >= 0.3 is 5.97 Å². The quantitative estimate of drug-likeness (QED) is 0.521. The minimum atomic E-state index is -0.325. The second-order valence-electron chi connectivity index (χ2n) is 5.55. The summed E-state index contributed by atoms with van der Waals surface area (Å²) in [6.07, 6.45) is 3.25. The monoisotopic (exact) mass is 213 g/mol. The average molecular weight is 213 g/mol. The number of rotatable bonds is 2. The van der Waals surface area contributed by atoms with Gasteiger partial charge in [-0.25, -0.2) is 4.79 Å². The first-order valence-corrected chi connectivity index (χ1v) is 5.14. The Kier molecular flexibility index (Phi) is 4.38. The van der Waals surface area contributed by atoms with E-state index >= 15 is 0 Å². The Hall–Kier alpha value is -0.990. The molecule has 0 saturated heterocycles. The summed E-state index contributed by atoms with van der Waals surface area (Å²) >= 11 is 0. The number of methoxy groups -OCH3 is 1. The van der Waals surface area contributed by atoms with E-state index in [2.05, 4.69) is 51.2 Å². The van der Waals surface area contributed by atoms with Gasteiger partial charge in [0.25, 0.3) is 0 Å². The van der Waals surface area contributed by atoms with Crippen LogP contribution < -0.4 is 0 Å². The third-order valence-electron chi connectivity index (χ3n) is 2.01. The van der Waals surface area contributed by atoms with Gasteiger partial charge in [0.1, 0.15) is 0 Å². The van der Waals surface area contributed by atoms with E-state index in [1.807, 2.05) is 0 Å². The Morgan fingerprint density at radius 2 is 1.47 bits per heavy atom. The van der Waals surface area contributed by atoms with Crippen molar-refractivity contribution in [3.05, 3.63) is 12.3 Å². The van der Waals surface area contributed by atoms with Gasteiger partial charge in [-0.2, -0.15) is 0 Å². The highest BCUT2D eigenvalue weighted by atomic mass is 16.5. The van der Waals surface area contributed by atoms with Crippen LogP contribution in [-0.2, 0) is 9.53 Å². The van der Waals surface area contributed by atoms with Crippen LogP contribution in [0.15, 0.2) is 12.3 Å². The van der Waals surface area contributed by atoms with Crippen LogP contribution in [0.1, 0.15) is 41.5 Å². The summed E-state index contributed by atoms with van der Waals surface area (Å²) in [6, 6.07) is 0. The number of nitrogens with zero attached hydrogens (tertiary/aromatic N) is 1. The van der Waals surface area contributed by atoms with Crippen molar-refractivity contribution in [1.82, 2.24) is 4.90 Å². The lowest BCUT2D eigenvalue weighted by atomic mass is 9.97. The normalized spacial score (nSPS) is 13.0. The lowest BCUT2D eigenvalue weighted by molar-refractivity contribution is -0.134. The molecule has 0 atom stereocenters. The molecule has 0 fully saturated rings. The first kappa shape index (κ1) is 14.0. The highest BCUT2D eigenvalue weighted by molar-refractivity contribution is 5.81. The molecule has 88 valence electrons. The molecule has 0 unspecified atom stereocenters. The van der Waals surface area contributed by atoms with Gasteiger partial charge in [-0.3, -0.25) is 0 Å². The zero-order chi connectivity index (χ0) is 12.3. The van der Waals surface area contributed by atoms with E-state index < -0.39 is 0 Å². The van der Waals surface area contributed by atoms with Crippen LogP contribution in [0.4, 0.5) is 0 Å². The summed E-state index contributed by atoms with van der Waals surface area (Å²) < 4.78 is 4.57. The van der Waals surface area contributed by atoms with Gasteiger partial charge in [0.05, 0.1) is 7.11 Å². The Morgan fingerprint density at radius 3 is 1.73 bits per heavy atom. The highest BCUT2D eigenvalue weighted by Crippen LogP contribution is 2.24. The minimum absolute atomic E-state index is 0.0250. The highest BCUT2D eigenvalue weighted by Gasteiger charge is 2.28. The van der Waals surface area contributed by atoms with Gasteiger partial charge in [-0.05, 0) is 41.5 Å². The van der Waals surface area contributed by atoms with Crippen LogP contribution in [0.2, 0.25) is 0 Å². The SMILES string of the molecule is COC(=O)/C=C/N(C(C)(C)C)C(C)(C)C. The van der Waals surface area contributed by atoms with Gasteiger partial charge in [-0.15, -0.1) is 0 Å². The topological polar surface area (TPSA) is 29.5 Å². The van der Waals surface area contributed by atoms with Crippen LogP contribution in [0, 0.1) is 0 Å². The molecule has 0 aromatic heterocycles. The van der Waals surface area contributed by atoms with Gasteiger partial charge in [0.2, 0.25) is 0 Å². The molecular weight excluding hydrogens is 190 g/mol. The van der Waals surface area contributed by atoms with Crippen molar-refractivity contribution in [2.24, 2.45) is 0 Å². The number of hydrogen-bond acceptors (Lipinski definition) is 3. The molecule has 0 amide bonds. The number of carbonyl (C=O) groups is 1. The maximum absolute atomic E-state index is 11.0. The van der Waals surface area contributed by atoms with E-state index in [0.29, 0.717) is 0 Å². The van der Waals surface area contributed by atoms with Crippen molar-refractivity contribution in [3.8, 4) is 0 Å². The summed E-state index contributed by atoms with van der Waals surface area (Å²) in [6.45, 7) is 12.7. The van der Waals surface area contributed by atoms with Crippen LogP contribution in [-0.4, -0.2) is 29.1 Å². The molecule has 3 nitrogen and oxygen atoms in total. The largest absolute Gasteiger partial charge is 0.466 e. The summed E-state index contributed by atoms with van der Waals surface area (Å²) in [5.41, 5.74) is -0.0501. The first-order chi connectivity index (χ1) is 6.59. The molecule has 0 saturated carbocycles. The molecule has 0 rings (SSSR count). The van der Waals surface area contributed by atoms with E-state index in [4.69, 9.17) is 0 Å². The Balaban J connectivity index is 4.84. The molecule has 0 N–H and O–H groups in total. The number of esters is 1. The van der Waals surface area contributed by atoms with Crippen LogP contribution in [0.25, 0.3) is 0 Å². The van der Waals surface area contributed by atoms with Crippen LogP contribution in [0.5, 0.6) is 0 Å². The van der Waals surface area contributed by atoms with Crippen LogP contribution in [0.3, 0.4) is 0 Å². The molecule has 3 heteroatoms. The molecule has 0 spiro atoms. The van der Waals surface area contributed by atoms with Gasteiger partial charge in [-0.1, -0.05) is 0 Å². The van der Waals surface area contributed by atoms with Crippen LogP contribution >= 0.6 is 0 Å². The van der Waals surface area contributed by atoms with Crippen molar-refractivity contribution >= 4 is 5.97 Å². The van der Waals surface area contributed by atoms with Gasteiger partial charge < -0.3 is 9.64 Å². The van der Waals surface area contributed by atoms with E-state index in [1.54, 1.807) is 6.20 Å². The second kappa shape index (κ2) is 4.69. The van der Waals surface area contributed by atoms with Crippen molar-refractivity contribution in [2.45, 2.75) is 52.6 Å². The summed E-state index contributed by atoms with van der Waals surface area (Å²) in [5.74, 6) is -0.325. The number of ether oxygens (including phenoxy) is 1. The third kappa shape index (κ3) is 4.86. The molecule has 0 aliphatic heterocycles. The minimum Gasteiger partial charge on any atom is -0.466 e. The Morgan fingerprint density at radius 1 is 1.07 bits per heavy atom. The zero-order valence-corrected chi connectivity index (χ0v) is 10.9. The maximum atomic E-state index is 11.0. The lowest BCUT2D eigenvalue weighted by Crippen LogP contribution is -2.49. The molecule has 0 radical (unpaired) electrons. The second-order valence-corrected chi connectivity index (χ2v) is 5.55. The van der Waals surface area contributed by atoms with Crippen molar-refractivity contribution in [2.75, 3.05) is 7.11 Å². The smallest absolute Gasteiger partial charge is 0.331 e. The predicted molar refractivity (Wildman–Crippen MR) is 62.5 cm³/mol. The third-order valence-corrected chi connectivity index (χ3v) is 2.01. The molecule has 0 heterocycles. The molecule has 0 aliphatic carbocycles. The summed E-state index contributed by atoms with van der Waals surface area (Å²) in [7, 11) is 1.38. The first-order valence-electron chi connectivity index (χ1n) is 5.14. The molecule has 15 heavy (non-hydrogen) atoms. The molecule has 0 aromatic rings. The van der Waals surface area contributed by atoms with Gasteiger partial charge in [0.15, 0.2) is 0 Å². The summed E-state index contributed by atoms with van der Waals surface area (Å²) in [4.78, 5) is 13.2. The molecule has 0 aromatic carbocycles. The van der Waals surface area contributed by atoms with E-state index in [0.717, 1.165) is 0 Å². The van der Waals surface area contributed by atoms with Crippen molar-refractivity contribution in [1.29, 1.82) is 0 Å². The fourth-order valence-corrected chi connectivity index (χ4v) is 1.66. The zero-order valence-electron chi connectivity index (χ0n) is 10.9. The lowest BCUT2D eigenvalue weighted by Gasteiger charge is -2.45. The average Bonchev–Trinajstić information content (AvgIpc) is 1.99. The fraction of sp³-hybridized carbons (Fsp3) is 0.750. The van der Waals surface area contributed by atoms with E-state index in [1.165, 1.54) is 13.2 Å². The molecule has 0 aliphatic rings. The fourth-order valence-electron chi connectivity index (χ4n) is 1.66. The number of carbonyl (C=O) groups excluding carboxylic acids is 1. The molecule has 0 bridgehead atoms. The maximum Gasteiger partial charge on any atom is 0.331 e. The number of hydrogen-bond donors (Lipinski definition) is 0. The molecular formula is C12H23NO2.